The second-order valence-electron chi connectivity index (χ2n) is 7.41. The number of piperidine rings is 1. The monoisotopic (exact) mass is 320 g/mol. The third-order valence-corrected chi connectivity index (χ3v) is 5.03. The van der Waals surface area contributed by atoms with Crippen LogP contribution in [0.1, 0.15) is 45.6 Å². The van der Waals surface area contributed by atoms with Crippen LogP contribution in [0.4, 0.5) is 4.39 Å². The summed E-state index contributed by atoms with van der Waals surface area (Å²) in [6.45, 7) is 8.64. The lowest BCUT2D eigenvalue weighted by molar-refractivity contribution is -0.122. The Morgan fingerprint density at radius 2 is 2.00 bits per heavy atom. The molecule has 0 spiro atoms. The van der Waals surface area contributed by atoms with Crippen LogP contribution in [0.3, 0.4) is 0 Å². The number of rotatable bonds is 6. The lowest BCUT2D eigenvalue weighted by atomic mass is 9.83. The van der Waals surface area contributed by atoms with Crippen molar-refractivity contribution in [3.8, 4) is 0 Å². The molecule has 1 aliphatic heterocycles. The van der Waals surface area contributed by atoms with Crippen molar-refractivity contribution in [1.82, 2.24) is 10.6 Å². The maximum Gasteiger partial charge on any atom is 0.220 e. The molecule has 0 aliphatic carbocycles. The van der Waals surface area contributed by atoms with Gasteiger partial charge in [0, 0.05) is 18.4 Å². The Bertz CT molecular complexity index is 524. The molecule has 128 valence electrons. The topological polar surface area (TPSA) is 41.1 Å². The highest BCUT2D eigenvalue weighted by Gasteiger charge is 2.26. The van der Waals surface area contributed by atoms with Crippen molar-refractivity contribution in [2.24, 2.45) is 11.8 Å². The van der Waals surface area contributed by atoms with Crippen LogP contribution < -0.4 is 10.6 Å². The van der Waals surface area contributed by atoms with Crippen molar-refractivity contribution in [3.05, 3.63) is 35.6 Å². The van der Waals surface area contributed by atoms with E-state index in [4.69, 9.17) is 0 Å². The van der Waals surface area contributed by atoms with Gasteiger partial charge < -0.3 is 10.6 Å². The average molecular weight is 320 g/mol. The van der Waals surface area contributed by atoms with Crippen molar-refractivity contribution in [2.45, 2.75) is 45.4 Å². The SMILES string of the molecule is CC(CC(=O)NCC(C)(C)c1ccccc1F)C1CCNCC1. The molecule has 1 atom stereocenters. The standard InChI is InChI=1S/C19H29FN2O/c1-14(15-8-10-21-11-9-15)12-18(23)22-13-19(2,3)16-6-4-5-7-17(16)20/h4-7,14-15,21H,8-13H2,1-3H3,(H,22,23). The first-order valence-corrected chi connectivity index (χ1v) is 8.62. The molecule has 0 saturated carbocycles. The summed E-state index contributed by atoms with van der Waals surface area (Å²) in [6, 6.07) is 6.78. The summed E-state index contributed by atoms with van der Waals surface area (Å²) in [6.07, 6.45) is 2.85. The molecule has 4 heteroatoms. The van der Waals surface area contributed by atoms with E-state index in [0.29, 0.717) is 30.4 Å². The summed E-state index contributed by atoms with van der Waals surface area (Å²) in [7, 11) is 0. The van der Waals surface area contributed by atoms with E-state index < -0.39 is 5.41 Å². The second kappa shape index (κ2) is 7.91. The molecular formula is C19H29FN2O. The van der Waals surface area contributed by atoms with Crippen molar-refractivity contribution in [1.29, 1.82) is 0 Å². The Balaban J connectivity index is 1.84. The van der Waals surface area contributed by atoms with E-state index in [1.54, 1.807) is 12.1 Å². The molecule has 0 radical (unpaired) electrons. The molecule has 1 aliphatic rings. The average Bonchev–Trinajstić information content (AvgIpc) is 2.54. The molecule has 23 heavy (non-hydrogen) atoms. The molecule has 1 heterocycles. The molecule has 1 unspecified atom stereocenters. The van der Waals surface area contributed by atoms with Crippen LogP contribution in [0.15, 0.2) is 24.3 Å². The van der Waals surface area contributed by atoms with Gasteiger partial charge in [0.2, 0.25) is 5.91 Å². The summed E-state index contributed by atoms with van der Waals surface area (Å²) in [5.74, 6) is 0.880. The Morgan fingerprint density at radius 3 is 2.65 bits per heavy atom. The van der Waals surface area contributed by atoms with E-state index >= 15 is 0 Å². The Hall–Kier alpha value is -1.42. The lowest BCUT2D eigenvalue weighted by Crippen LogP contribution is -2.39. The highest BCUT2D eigenvalue weighted by Crippen LogP contribution is 2.26. The molecule has 1 amide bonds. The summed E-state index contributed by atoms with van der Waals surface area (Å²) in [5.41, 5.74) is 0.227. The van der Waals surface area contributed by atoms with Crippen LogP contribution in [0.25, 0.3) is 0 Å². The molecule has 1 aromatic carbocycles. The molecule has 1 aromatic rings. The van der Waals surface area contributed by atoms with Crippen molar-refractivity contribution in [2.75, 3.05) is 19.6 Å². The number of nitrogens with one attached hydrogen (secondary N) is 2. The largest absolute Gasteiger partial charge is 0.355 e. The number of halogens is 1. The smallest absolute Gasteiger partial charge is 0.220 e. The van der Waals surface area contributed by atoms with Crippen LogP contribution in [0, 0.1) is 17.7 Å². The fraction of sp³-hybridized carbons (Fsp3) is 0.632. The number of carbonyl (C=O) groups excluding carboxylic acids is 1. The quantitative estimate of drug-likeness (QED) is 0.845. The summed E-state index contributed by atoms with van der Waals surface area (Å²) >= 11 is 0. The first kappa shape index (κ1) is 17.9. The minimum atomic E-state index is -0.418. The van der Waals surface area contributed by atoms with E-state index in [9.17, 15) is 9.18 Å². The van der Waals surface area contributed by atoms with Crippen molar-refractivity contribution >= 4 is 5.91 Å². The number of amides is 1. The predicted octanol–water partition coefficient (Wildman–Crippen LogP) is 3.25. The van der Waals surface area contributed by atoms with E-state index in [-0.39, 0.29) is 11.7 Å². The fourth-order valence-corrected chi connectivity index (χ4v) is 3.37. The molecule has 1 fully saturated rings. The zero-order valence-corrected chi connectivity index (χ0v) is 14.5. The highest BCUT2D eigenvalue weighted by atomic mass is 19.1. The Morgan fingerprint density at radius 1 is 1.35 bits per heavy atom. The predicted molar refractivity (Wildman–Crippen MR) is 91.8 cm³/mol. The van der Waals surface area contributed by atoms with E-state index in [2.05, 4.69) is 17.6 Å². The molecule has 0 aromatic heterocycles. The zero-order chi connectivity index (χ0) is 16.9. The van der Waals surface area contributed by atoms with E-state index in [1.165, 1.54) is 6.07 Å². The van der Waals surface area contributed by atoms with Gasteiger partial charge in [-0.15, -0.1) is 0 Å². The van der Waals surface area contributed by atoms with Crippen LogP contribution in [-0.2, 0) is 10.2 Å². The maximum absolute atomic E-state index is 13.9. The summed E-state index contributed by atoms with van der Waals surface area (Å²) in [4.78, 5) is 12.2. The van der Waals surface area contributed by atoms with Gasteiger partial charge >= 0.3 is 0 Å². The maximum atomic E-state index is 13.9. The summed E-state index contributed by atoms with van der Waals surface area (Å²) < 4.78 is 13.9. The van der Waals surface area contributed by atoms with Gasteiger partial charge in [-0.05, 0) is 49.4 Å². The van der Waals surface area contributed by atoms with Gasteiger partial charge in [-0.25, -0.2) is 4.39 Å². The van der Waals surface area contributed by atoms with Crippen LogP contribution in [0.5, 0.6) is 0 Å². The van der Waals surface area contributed by atoms with Gasteiger partial charge in [0.15, 0.2) is 0 Å². The normalized spacial score (nSPS) is 17.7. The third-order valence-electron chi connectivity index (χ3n) is 5.03. The van der Waals surface area contributed by atoms with Gasteiger partial charge in [-0.1, -0.05) is 39.0 Å². The number of carbonyl (C=O) groups is 1. The van der Waals surface area contributed by atoms with Crippen LogP contribution in [0.2, 0.25) is 0 Å². The number of hydrogen-bond acceptors (Lipinski definition) is 2. The molecule has 0 bridgehead atoms. The second-order valence-corrected chi connectivity index (χ2v) is 7.41. The Kier molecular flexibility index (Phi) is 6.17. The molecule has 3 nitrogen and oxygen atoms in total. The lowest BCUT2D eigenvalue weighted by Gasteiger charge is -2.29. The first-order valence-electron chi connectivity index (χ1n) is 8.62. The number of benzene rings is 1. The fourth-order valence-electron chi connectivity index (χ4n) is 3.37. The minimum absolute atomic E-state index is 0.0699. The van der Waals surface area contributed by atoms with E-state index in [1.807, 2.05) is 19.9 Å². The van der Waals surface area contributed by atoms with Gasteiger partial charge in [0.1, 0.15) is 5.82 Å². The third kappa shape index (κ3) is 5.03. The van der Waals surface area contributed by atoms with E-state index in [0.717, 1.165) is 25.9 Å². The van der Waals surface area contributed by atoms with Gasteiger partial charge in [0.25, 0.3) is 0 Å². The van der Waals surface area contributed by atoms with Gasteiger partial charge in [-0.3, -0.25) is 4.79 Å². The van der Waals surface area contributed by atoms with Crippen LogP contribution >= 0.6 is 0 Å². The van der Waals surface area contributed by atoms with Crippen molar-refractivity contribution in [3.63, 3.8) is 0 Å². The van der Waals surface area contributed by atoms with Crippen molar-refractivity contribution < 1.29 is 9.18 Å². The molecule has 2 rings (SSSR count). The van der Waals surface area contributed by atoms with Crippen LogP contribution in [-0.4, -0.2) is 25.5 Å². The minimum Gasteiger partial charge on any atom is -0.355 e. The molecule has 1 saturated heterocycles. The molecular weight excluding hydrogens is 291 g/mol. The summed E-state index contributed by atoms with van der Waals surface area (Å²) in [5, 5.41) is 6.35. The van der Waals surface area contributed by atoms with Gasteiger partial charge in [-0.2, -0.15) is 0 Å². The first-order chi connectivity index (χ1) is 10.9. The molecule has 2 N–H and O–H groups in total. The zero-order valence-electron chi connectivity index (χ0n) is 14.5. The van der Waals surface area contributed by atoms with Gasteiger partial charge in [0.05, 0.1) is 0 Å². The number of hydrogen-bond donors (Lipinski definition) is 2. The highest BCUT2D eigenvalue weighted by molar-refractivity contribution is 5.76. The Labute approximate surface area is 139 Å².